The van der Waals surface area contributed by atoms with Crippen LogP contribution in [0.1, 0.15) is 37.3 Å². The molecule has 0 saturated heterocycles. The molecule has 0 spiro atoms. The molecule has 0 fully saturated rings. The highest BCUT2D eigenvalue weighted by molar-refractivity contribution is 5.91. The van der Waals surface area contributed by atoms with Crippen molar-refractivity contribution in [2.75, 3.05) is 17.2 Å². The third kappa shape index (κ3) is 5.15. The molecule has 0 radical (unpaired) electrons. The summed E-state index contributed by atoms with van der Waals surface area (Å²) in [7, 11) is 0. The molecule has 4 heteroatoms. The number of nitriles is 1. The van der Waals surface area contributed by atoms with Crippen molar-refractivity contribution >= 4 is 17.3 Å². The average Bonchev–Trinajstić information content (AvgIpc) is 2.56. The standard InChI is InChI=1S/C19H21N3O/c1-14(2)16-5-9-18(10-6-16)22-19(23)11-12-21-17-7-3-15(13-20)4-8-17/h3-10,14,21H,11-12H2,1-2H3,(H,22,23). The monoisotopic (exact) mass is 307 g/mol. The Labute approximate surface area is 137 Å². The molecule has 0 bridgehead atoms. The molecular formula is C19H21N3O. The van der Waals surface area contributed by atoms with Crippen LogP contribution in [0.3, 0.4) is 0 Å². The Bertz CT molecular complexity index is 682. The van der Waals surface area contributed by atoms with Gasteiger partial charge in [0.05, 0.1) is 11.6 Å². The molecule has 2 aromatic rings. The predicted octanol–water partition coefficient (Wildman–Crippen LogP) is 4.12. The minimum atomic E-state index is -0.0246. The van der Waals surface area contributed by atoms with E-state index in [1.54, 1.807) is 12.1 Å². The van der Waals surface area contributed by atoms with Crippen LogP contribution in [0.2, 0.25) is 0 Å². The molecular weight excluding hydrogens is 286 g/mol. The van der Waals surface area contributed by atoms with Gasteiger partial charge < -0.3 is 10.6 Å². The van der Waals surface area contributed by atoms with Crippen LogP contribution < -0.4 is 10.6 Å². The Morgan fingerprint density at radius 1 is 1.04 bits per heavy atom. The summed E-state index contributed by atoms with van der Waals surface area (Å²) in [6.07, 6.45) is 0.381. The molecule has 0 unspecified atom stereocenters. The fourth-order valence-electron chi connectivity index (χ4n) is 2.16. The van der Waals surface area contributed by atoms with Crippen LogP contribution in [0.4, 0.5) is 11.4 Å². The number of hydrogen-bond acceptors (Lipinski definition) is 3. The Morgan fingerprint density at radius 2 is 1.65 bits per heavy atom. The second-order valence-corrected chi connectivity index (χ2v) is 5.69. The average molecular weight is 307 g/mol. The Morgan fingerprint density at radius 3 is 2.22 bits per heavy atom. The first-order valence-corrected chi connectivity index (χ1v) is 7.72. The van der Waals surface area contributed by atoms with Crippen molar-refractivity contribution in [1.82, 2.24) is 0 Å². The number of anilines is 2. The highest BCUT2D eigenvalue weighted by atomic mass is 16.1. The number of rotatable bonds is 6. The molecule has 2 aromatic carbocycles. The summed E-state index contributed by atoms with van der Waals surface area (Å²) < 4.78 is 0. The summed E-state index contributed by atoms with van der Waals surface area (Å²) in [5, 5.41) is 14.8. The maximum atomic E-state index is 11.9. The molecule has 0 aliphatic rings. The summed E-state index contributed by atoms with van der Waals surface area (Å²) in [6, 6.07) is 17.2. The third-order valence-corrected chi connectivity index (χ3v) is 3.56. The summed E-state index contributed by atoms with van der Waals surface area (Å²) >= 11 is 0. The Hall–Kier alpha value is -2.80. The van der Waals surface area contributed by atoms with Crippen molar-refractivity contribution < 1.29 is 4.79 Å². The quantitative estimate of drug-likeness (QED) is 0.843. The molecule has 1 amide bonds. The third-order valence-electron chi connectivity index (χ3n) is 3.56. The van der Waals surface area contributed by atoms with Crippen LogP contribution in [0, 0.1) is 11.3 Å². The number of carbonyl (C=O) groups is 1. The molecule has 0 aliphatic carbocycles. The smallest absolute Gasteiger partial charge is 0.226 e. The van der Waals surface area contributed by atoms with Crippen molar-refractivity contribution in [2.24, 2.45) is 0 Å². The largest absolute Gasteiger partial charge is 0.385 e. The normalized spacial score (nSPS) is 10.2. The van der Waals surface area contributed by atoms with Crippen LogP contribution in [-0.4, -0.2) is 12.5 Å². The van der Waals surface area contributed by atoms with E-state index in [4.69, 9.17) is 5.26 Å². The van der Waals surface area contributed by atoms with Gasteiger partial charge in [-0.3, -0.25) is 4.79 Å². The fraction of sp³-hybridized carbons (Fsp3) is 0.263. The minimum Gasteiger partial charge on any atom is -0.385 e. The van der Waals surface area contributed by atoms with E-state index in [9.17, 15) is 4.79 Å². The van der Waals surface area contributed by atoms with Crippen LogP contribution in [0.15, 0.2) is 48.5 Å². The van der Waals surface area contributed by atoms with Crippen molar-refractivity contribution in [1.29, 1.82) is 5.26 Å². The maximum absolute atomic E-state index is 11.9. The van der Waals surface area contributed by atoms with Gasteiger partial charge in [-0.05, 0) is 47.9 Å². The van der Waals surface area contributed by atoms with Gasteiger partial charge >= 0.3 is 0 Å². The minimum absolute atomic E-state index is 0.0246. The lowest BCUT2D eigenvalue weighted by molar-refractivity contribution is -0.115. The maximum Gasteiger partial charge on any atom is 0.226 e. The summed E-state index contributed by atoms with van der Waals surface area (Å²) in [6.45, 7) is 4.83. The number of hydrogen-bond donors (Lipinski definition) is 2. The first-order valence-electron chi connectivity index (χ1n) is 7.72. The van der Waals surface area contributed by atoms with E-state index in [0.717, 1.165) is 11.4 Å². The zero-order chi connectivity index (χ0) is 16.7. The molecule has 0 saturated carbocycles. The van der Waals surface area contributed by atoms with E-state index in [0.29, 0.717) is 24.4 Å². The molecule has 118 valence electrons. The van der Waals surface area contributed by atoms with Gasteiger partial charge in [-0.1, -0.05) is 26.0 Å². The molecule has 0 atom stereocenters. The summed E-state index contributed by atoms with van der Waals surface area (Å²) in [5.74, 6) is 0.458. The van der Waals surface area contributed by atoms with Gasteiger partial charge in [-0.2, -0.15) is 5.26 Å². The van der Waals surface area contributed by atoms with Gasteiger partial charge in [-0.15, -0.1) is 0 Å². The van der Waals surface area contributed by atoms with Gasteiger partial charge in [-0.25, -0.2) is 0 Å². The van der Waals surface area contributed by atoms with Gasteiger partial charge in [0.2, 0.25) is 5.91 Å². The lowest BCUT2D eigenvalue weighted by Gasteiger charge is -2.09. The van der Waals surface area contributed by atoms with Gasteiger partial charge in [0.25, 0.3) is 0 Å². The number of carbonyl (C=O) groups excluding carboxylic acids is 1. The fourth-order valence-corrected chi connectivity index (χ4v) is 2.16. The van der Waals surface area contributed by atoms with Crippen molar-refractivity contribution in [3.63, 3.8) is 0 Å². The van der Waals surface area contributed by atoms with E-state index in [-0.39, 0.29) is 5.91 Å². The topological polar surface area (TPSA) is 64.9 Å². The SMILES string of the molecule is CC(C)c1ccc(NC(=O)CCNc2ccc(C#N)cc2)cc1. The van der Waals surface area contributed by atoms with Gasteiger partial charge in [0, 0.05) is 24.3 Å². The lowest BCUT2D eigenvalue weighted by Crippen LogP contribution is -2.16. The number of nitrogens with zero attached hydrogens (tertiary/aromatic N) is 1. The van der Waals surface area contributed by atoms with Crippen molar-refractivity contribution in [3.05, 3.63) is 59.7 Å². The van der Waals surface area contributed by atoms with Crippen molar-refractivity contribution in [3.8, 4) is 6.07 Å². The van der Waals surface area contributed by atoms with Gasteiger partial charge in [0.15, 0.2) is 0 Å². The molecule has 23 heavy (non-hydrogen) atoms. The number of amides is 1. The first kappa shape index (κ1) is 16.6. The van der Waals surface area contributed by atoms with E-state index in [2.05, 4.69) is 30.6 Å². The predicted molar refractivity (Wildman–Crippen MR) is 93.4 cm³/mol. The zero-order valence-electron chi connectivity index (χ0n) is 13.5. The van der Waals surface area contributed by atoms with Crippen LogP contribution >= 0.6 is 0 Å². The molecule has 4 nitrogen and oxygen atoms in total. The molecule has 2 N–H and O–H groups in total. The second-order valence-electron chi connectivity index (χ2n) is 5.69. The van der Waals surface area contributed by atoms with E-state index in [1.165, 1.54) is 5.56 Å². The number of benzene rings is 2. The van der Waals surface area contributed by atoms with Crippen LogP contribution in [-0.2, 0) is 4.79 Å². The molecule has 0 aromatic heterocycles. The van der Waals surface area contributed by atoms with E-state index in [1.807, 2.05) is 36.4 Å². The van der Waals surface area contributed by atoms with Crippen LogP contribution in [0.5, 0.6) is 0 Å². The van der Waals surface area contributed by atoms with Gasteiger partial charge in [0.1, 0.15) is 0 Å². The van der Waals surface area contributed by atoms with E-state index < -0.39 is 0 Å². The number of nitrogens with one attached hydrogen (secondary N) is 2. The molecule has 2 rings (SSSR count). The second kappa shape index (κ2) is 8.00. The molecule has 0 aliphatic heterocycles. The first-order chi connectivity index (χ1) is 11.1. The summed E-state index contributed by atoms with van der Waals surface area (Å²) in [4.78, 5) is 11.9. The summed E-state index contributed by atoms with van der Waals surface area (Å²) in [5.41, 5.74) is 3.60. The lowest BCUT2D eigenvalue weighted by atomic mass is 10.0. The molecule has 0 heterocycles. The Balaban J connectivity index is 1.77. The van der Waals surface area contributed by atoms with Crippen molar-refractivity contribution in [2.45, 2.75) is 26.2 Å². The highest BCUT2D eigenvalue weighted by Crippen LogP contribution is 2.17. The van der Waals surface area contributed by atoms with E-state index >= 15 is 0 Å². The Kier molecular flexibility index (Phi) is 5.76. The highest BCUT2D eigenvalue weighted by Gasteiger charge is 2.04. The van der Waals surface area contributed by atoms with Crippen LogP contribution in [0.25, 0.3) is 0 Å². The zero-order valence-corrected chi connectivity index (χ0v) is 13.5.